The average molecular weight is 302 g/mol. The summed E-state index contributed by atoms with van der Waals surface area (Å²) in [5.74, 6) is 1.24. The minimum Gasteiger partial charge on any atom is -0.393 e. The summed E-state index contributed by atoms with van der Waals surface area (Å²) < 4.78 is 0. The predicted molar refractivity (Wildman–Crippen MR) is 81.7 cm³/mol. The third-order valence-corrected chi connectivity index (χ3v) is 4.19. The molecule has 3 heterocycles. The van der Waals surface area contributed by atoms with E-state index in [-0.39, 0.29) is 6.10 Å². The number of aromatic amines is 1. The van der Waals surface area contributed by atoms with Crippen LogP contribution in [0, 0.1) is 5.92 Å². The molecule has 1 unspecified atom stereocenters. The molecule has 0 bridgehead atoms. The number of aliphatic hydroxyl groups excluding tert-OH is 1. The molecule has 7 heteroatoms. The normalized spacial score (nSPS) is 18.5. The van der Waals surface area contributed by atoms with Crippen LogP contribution in [0.4, 0.5) is 0 Å². The predicted octanol–water partition coefficient (Wildman–Crippen LogP) is 1.24. The molecule has 0 spiro atoms. The molecule has 1 saturated heterocycles. The fraction of sp³-hybridized carbons (Fsp3) is 0.600. The summed E-state index contributed by atoms with van der Waals surface area (Å²) in [5.41, 5.74) is 1.96. The van der Waals surface area contributed by atoms with E-state index in [9.17, 15) is 5.11 Å². The summed E-state index contributed by atoms with van der Waals surface area (Å²) in [6.45, 7) is 4.84. The molecule has 2 aromatic rings. The van der Waals surface area contributed by atoms with E-state index in [4.69, 9.17) is 0 Å². The second-order valence-electron chi connectivity index (χ2n) is 6.08. The number of nitrogens with one attached hydrogen (secondary N) is 1. The van der Waals surface area contributed by atoms with Crippen LogP contribution in [0.5, 0.6) is 0 Å². The topological polar surface area (TPSA) is 90.8 Å². The Labute approximate surface area is 129 Å². The summed E-state index contributed by atoms with van der Waals surface area (Å²) in [7, 11) is 0. The number of pyridine rings is 1. The van der Waals surface area contributed by atoms with Crippen molar-refractivity contribution < 1.29 is 5.11 Å². The lowest BCUT2D eigenvalue weighted by Gasteiger charge is -2.32. The van der Waals surface area contributed by atoms with E-state index in [1.54, 1.807) is 6.20 Å². The zero-order valence-corrected chi connectivity index (χ0v) is 12.8. The third kappa shape index (κ3) is 3.86. The van der Waals surface area contributed by atoms with Crippen molar-refractivity contribution in [2.75, 3.05) is 13.1 Å². The smallest absolute Gasteiger partial charge is 0.204 e. The lowest BCUT2D eigenvalue weighted by molar-refractivity contribution is 0.115. The SMILES string of the molecule is CC(O)CC1CCN(Cc2cc(-c3nn[nH]n3)ccn2)CC1. The van der Waals surface area contributed by atoms with Crippen LogP contribution in [-0.2, 0) is 6.54 Å². The molecular formula is C15H22N6O. The highest BCUT2D eigenvalue weighted by Gasteiger charge is 2.20. The molecule has 22 heavy (non-hydrogen) atoms. The van der Waals surface area contributed by atoms with E-state index >= 15 is 0 Å². The number of nitrogens with zero attached hydrogens (tertiary/aromatic N) is 5. The molecule has 1 atom stereocenters. The molecular weight excluding hydrogens is 280 g/mol. The Bertz CT molecular complexity index is 577. The molecule has 1 aliphatic heterocycles. The first kappa shape index (κ1) is 15.1. The molecule has 2 aromatic heterocycles. The van der Waals surface area contributed by atoms with Crippen LogP contribution in [0.15, 0.2) is 18.3 Å². The number of hydrogen-bond donors (Lipinski definition) is 2. The number of aliphatic hydroxyl groups is 1. The molecule has 2 N–H and O–H groups in total. The summed E-state index contributed by atoms with van der Waals surface area (Å²) >= 11 is 0. The van der Waals surface area contributed by atoms with Gasteiger partial charge in [0.05, 0.1) is 11.8 Å². The second-order valence-corrected chi connectivity index (χ2v) is 6.08. The van der Waals surface area contributed by atoms with Crippen molar-refractivity contribution in [3.8, 4) is 11.4 Å². The van der Waals surface area contributed by atoms with Crippen LogP contribution >= 0.6 is 0 Å². The fourth-order valence-electron chi connectivity index (χ4n) is 3.08. The average Bonchev–Trinajstić information content (AvgIpc) is 3.03. The Hall–Kier alpha value is -1.86. The van der Waals surface area contributed by atoms with E-state index < -0.39 is 0 Å². The van der Waals surface area contributed by atoms with Gasteiger partial charge in [-0.05, 0) is 62.5 Å². The Balaban J connectivity index is 1.57. The molecule has 1 aliphatic rings. The van der Waals surface area contributed by atoms with Crippen LogP contribution in [-0.4, -0.2) is 54.8 Å². The van der Waals surface area contributed by atoms with Gasteiger partial charge in [0, 0.05) is 18.3 Å². The molecule has 3 rings (SSSR count). The largest absolute Gasteiger partial charge is 0.393 e. The highest BCUT2D eigenvalue weighted by molar-refractivity contribution is 5.53. The molecule has 0 amide bonds. The van der Waals surface area contributed by atoms with Crippen LogP contribution < -0.4 is 0 Å². The van der Waals surface area contributed by atoms with Crippen LogP contribution in [0.1, 0.15) is 31.9 Å². The minimum absolute atomic E-state index is 0.190. The van der Waals surface area contributed by atoms with E-state index in [0.29, 0.717) is 11.7 Å². The van der Waals surface area contributed by atoms with Gasteiger partial charge in [-0.2, -0.15) is 5.21 Å². The minimum atomic E-state index is -0.190. The van der Waals surface area contributed by atoms with E-state index in [1.165, 1.54) is 0 Å². The first-order valence-corrected chi connectivity index (χ1v) is 7.80. The fourth-order valence-corrected chi connectivity index (χ4v) is 3.08. The Morgan fingerprint density at radius 1 is 1.41 bits per heavy atom. The zero-order valence-electron chi connectivity index (χ0n) is 12.8. The van der Waals surface area contributed by atoms with Crippen molar-refractivity contribution in [2.24, 2.45) is 5.92 Å². The molecule has 0 aromatic carbocycles. The number of H-pyrrole nitrogens is 1. The van der Waals surface area contributed by atoms with Gasteiger partial charge in [0.2, 0.25) is 5.82 Å². The van der Waals surface area contributed by atoms with Crippen LogP contribution in [0.2, 0.25) is 0 Å². The first-order chi connectivity index (χ1) is 10.7. The summed E-state index contributed by atoms with van der Waals surface area (Å²) in [4.78, 5) is 6.86. The molecule has 0 radical (unpaired) electrons. The lowest BCUT2D eigenvalue weighted by Crippen LogP contribution is -2.34. The first-order valence-electron chi connectivity index (χ1n) is 7.80. The lowest BCUT2D eigenvalue weighted by atomic mass is 9.91. The van der Waals surface area contributed by atoms with Crippen LogP contribution in [0.3, 0.4) is 0 Å². The monoisotopic (exact) mass is 302 g/mol. The Morgan fingerprint density at radius 2 is 2.23 bits per heavy atom. The van der Waals surface area contributed by atoms with Crippen LogP contribution in [0.25, 0.3) is 11.4 Å². The van der Waals surface area contributed by atoms with E-state index in [1.807, 2.05) is 19.1 Å². The third-order valence-electron chi connectivity index (χ3n) is 4.19. The number of aromatic nitrogens is 5. The van der Waals surface area contributed by atoms with Crippen molar-refractivity contribution in [2.45, 2.75) is 38.8 Å². The van der Waals surface area contributed by atoms with Gasteiger partial charge in [-0.25, -0.2) is 0 Å². The van der Waals surface area contributed by atoms with E-state index in [2.05, 4.69) is 30.5 Å². The standard InChI is InChI=1S/C15H22N6O/c1-11(22)8-12-3-6-21(7-4-12)10-14-9-13(2-5-16-14)15-17-19-20-18-15/h2,5,9,11-12,22H,3-4,6-8,10H2,1H3,(H,17,18,19,20). The molecule has 0 aliphatic carbocycles. The quantitative estimate of drug-likeness (QED) is 0.863. The van der Waals surface area contributed by atoms with Crippen molar-refractivity contribution in [1.82, 2.24) is 30.5 Å². The maximum atomic E-state index is 9.48. The number of rotatable bonds is 5. The van der Waals surface area contributed by atoms with Gasteiger partial charge in [-0.3, -0.25) is 9.88 Å². The summed E-state index contributed by atoms with van der Waals surface area (Å²) in [5, 5.41) is 23.5. The van der Waals surface area contributed by atoms with Gasteiger partial charge in [0.25, 0.3) is 0 Å². The van der Waals surface area contributed by atoms with Gasteiger partial charge < -0.3 is 5.11 Å². The summed E-state index contributed by atoms with van der Waals surface area (Å²) in [6, 6.07) is 3.91. The van der Waals surface area contributed by atoms with Gasteiger partial charge in [0.1, 0.15) is 0 Å². The maximum Gasteiger partial charge on any atom is 0.204 e. The number of likely N-dealkylation sites (tertiary alicyclic amines) is 1. The van der Waals surface area contributed by atoms with Crippen molar-refractivity contribution in [1.29, 1.82) is 0 Å². The zero-order chi connectivity index (χ0) is 15.4. The number of piperidine rings is 1. The van der Waals surface area contributed by atoms with Crippen molar-refractivity contribution in [3.63, 3.8) is 0 Å². The maximum absolute atomic E-state index is 9.48. The molecule has 1 fully saturated rings. The highest BCUT2D eigenvalue weighted by Crippen LogP contribution is 2.23. The molecule has 118 valence electrons. The molecule has 0 saturated carbocycles. The van der Waals surface area contributed by atoms with Crippen molar-refractivity contribution in [3.05, 3.63) is 24.0 Å². The van der Waals surface area contributed by atoms with Gasteiger partial charge >= 0.3 is 0 Å². The second kappa shape index (κ2) is 6.93. The Kier molecular flexibility index (Phi) is 4.74. The van der Waals surface area contributed by atoms with Gasteiger partial charge in [-0.1, -0.05) is 0 Å². The number of tetrazole rings is 1. The van der Waals surface area contributed by atoms with Gasteiger partial charge in [0.15, 0.2) is 0 Å². The Morgan fingerprint density at radius 3 is 2.91 bits per heavy atom. The van der Waals surface area contributed by atoms with Gasteiger partial charge in [-0.15, -0.1) is 10.2 Å². The number of hydrogen-bond acceptors (Lipinski definition) is 6. The highest BCUT2D eigenvalue weighted by atomic mass is 16.3. The molecule has 7 nitrogen and oxygen atoms in total. The van der Waals surface area contributed by atoms with Crippen molar-refractivity contribution >= 4 is 0 Å². The van der Waals surface area contributed by atoms with E-state index in [0.717, 1.165) is 50.2 Å². The summed E-state index contributed by atoms with van der Waals surface area (Å²) in [6.07, 6.45) is 4.82.